The SMILES string of the molecule is CCc1ccc(CNC(=O)CCC(=O)N2CCc3c(c(C(=O)Nc4cccc(F)c4)nn3C)C2)cc1. The van der Waals surface area contributed by atoms with E-state index in [-0.39, 0.29) is 36.9 Å². The van der Waals surface area contributed by atoms with Gasteiger partial charge < -0.3 is 15.5 Å². The number of nitrogens with zero attached hydrogens (tertiary/aromatic N) is 3. The number of hydrogen-bond acceptors (Lipinski definition) is 4. The molecule has 0 spiro atoms. The van der Waals surface area contributed by atoms with Crippen LogP contribution in [0.2, 0.25) is 0 Å². The van der Waals surface area contributed by atoms with Gasteiger partial charge in [0.05, 0.1) is 0 Å². The van der Waals surface area contributed by atoms with Crippen LogP contribution in [0.5, 0.6) is 0 Å². The Labute approximate surface area is 209 Å². The Hall–Kier alpha value is -4.01. The standard InChI is InChI=1S/C27H30FN5O3/c1-3-18-7-9-19(10-8-18)16-29-24(34)11-12-25(35)33-14-13-23-22(17-33)26(31-32(23)2)27(36)30-21-6-4-5-20(28)15-21/h4-10,15H,3,11-14,16-17H2,1-2H3,(H,29,34)(H,30,36). The summed E-state index contributed by atoms with van der Waals surface area (Å²) in [5.74, 6) is -1.25. The number of halogens is 1. The minimum absolute atomic E-state index is 0.0843. The summed E-state index contributed by atoms with van der Waals surface area (Å²) < 4.78 is 15.1. The molecular formula is C27H30FN5O3. The Morgan fingerprint density at radius 2 is 1.81 bits per heavy atom. The van der Waals surface area contributed by atoms with E-state index in [0.29, 0.717) is 30.8 Å². The van der Waals surface area contributed by atoms with E-state index in [2.05, 4.69) is 22.7 Å². The van der Waals surface area contributed by atoms with Crippen LogP contribution in [0.15, 0.2) is 48.5 Å². The number of anilines is 1. The molecule has 2 heterocycles. The molecule has 188 valence electrons. The summed E-state index contributed by atoms with van der Waals surface area (Å²) >= 11 is 0. The molecule has 8 nitrogen and oxygen atoms in total. The molecule has 2 N–H and O–H groups in total. The van der Waals surface area contributed by atoms with E-state index < -0.39 is 11.7 Å². The highest BCUT2D eigenvalue weighted by Gasteiger charge is 2.29. The molecule has 0 bridgehead atoms. The average Bonchev–Trinajstić information content (AvgIpc) is 3.22. The molecule has 1 aliphatic heterocycles. The van der Waals surface area contributed by atoms with Gasteiger partial charge in [0, 0.05) is 62.9 Å². The predicted octanol–water partition coefficient (Wildman–Crippen LogP) is 3.36. The summed E-state index contributed by atoms with van der Waals surface area (Å²) in [6, 6.07) is 13.7. The first-order chi connectivity index (χ1) is 17.3. The van der Waals surface area contributed by atoms with Crippen LogP contribution in [0.1, 0.15) is 52.6 Å². The lowest BCUT2D eigenvalue weighted by Gasteiger charge is -2.27. The Morgan fingerprint density at radius 3 is 2.53 bits per heavy atom. The summed E-state index contributed by atoms with van der Waals surface area (Å²) in [6.07, 6.45) is 1.69. The molecule has 0 saturated carbocycles. The molecule has 3 amide bonds. The second kappa shape index (κ2) is 11.2. The fourth-order valence-corrected chi connectivity index (χ4v) is 4.30. The first-order valence-corrected chi connectivity index (χ1v) is 12.1. The minimum atomic E-state index is -0.460. The fourth-order valence-electron chi connectivity index (χ4n) is 4.30. The molecule has 9 heteroatoms. The second-order valence-electron chi connectivity index (χ2n) is 8.87. The third kappa shape index (κ3) is 5.97. The van der Waals surface area contributed by atoms with Crippen molar-refractivity contribution in [1.82, 2.24) is 20.0 Å². The summed E-state index contributed by atoms with van der Waals surface area (Å²) in [5, 5.41) is 9.88. The maximum absolute atomic E-state index is 13.5. The Morgan fingerprint density at radius 1 is 1.06 bits per heavy atom. The lowest BCUT2D eigenvalue weighted by Crippen LogP contribution is -2.37. The van der Waals surface area contributed by atoms with E-state index in [4.69, 9.17) is 0 Å². The van der Waals surface area contributed by atoms with Crippen molar-refractivity contribution < 1.29 is 18.8 Å². The molecule has 3 aromatic rings. The number of hydrogen-bond donors (Lipinski definition) is 2. The van der Waals surface area contributed by atoms with Crippen LogP contribution >= 0.6 is 0 Å². The Kier molecular flexibility index (Phi) is 7.77. The van der Waals surface area contributed by atoms with Crippen molar-refractivity contribution in [3.8, 4) is 0 Å². The van der Waals surface area contributed by atoms with Crippen molar-refractivity contribution in [3.63, 3.8) is 0 Å². The summed E-state index contributed by atoms with van der Waals surface area (Å²) in [6.45, 7) is 3.23. The highest BCUT2D eigenvalue weighted by atomic mass is 19.1. The Bertz CT molecular complexity index is 1270. The van der Waals surface area contributed by atoms with Crippen LogP contribution in [-0.2, 0) is 42.6 Å². The molecule has 0 saturated heterocycles. The highest BCUT2D eigenvalue weighted by Crippen LogP contribution is 2.24. The van der Waals surface area contributed by atoms with Gasteiger partial charge in [0.2, 0.25) is 11.8 Å². The first kappa shape index (κ1) is 25.1. The molecule has 2 aromatic carbocycles. The van der Waals surface area contributed by atoms with E-state index >= 15 is 0 Å². The van der Waals surface area contributed by atoms with Gasteiger partial charge in [-0.25, -0.2) is 4.39 Å². The summed E-state index contributed by atoms with van der Waals surface area (Å²) in [4.78, 5) is 39.7. The molecule has 0 atom stereocenters. The maximum Gasteiger partial charge on any atom is 0.276 e. The quantitative estimate of drug-likeness (QED) is 0.505. The van der Waals surface area contributed by atoms with Gasteiger partial charge in [0.1, 0.15) is 5.82 Å². The van der Waals surface area contributed by atoms with E-state index in [0.717, 1.165) is 17.7 Å². The zero-order chi connectivity index (χ0) is 25.7. The van der Waals surface area contributed by atoms with Crippen molar-refractivity contribution in [2.45, 2.75) is 45.7 Å². The molecule has 4 rings (SSSR count). The van der Waals surface area contributed by atoms with Crippen molar-refractivity contribution in [1.29, 1.82) is 0 Å². The van der Waals surface area contributed by atoms with Gasteiger partial charge >= 0.3 is 0 Å². The van der Waals surface area contributed by atoms with Gasteiger partial charge in [0.25, 0.3) is 5.91 Å². The van der Waals surface area contributed by atoms with Gasteiger partial charge in [-0.2, -0.15) is 5.10 Å². The molecule has 0 fully saturated rings. The van der Waals surface area contributed by atoms with Crippen LogP contribution in [0.4, 0.5) is 10.1 Å². The van der Waals surface area contributed by atoms with Crippen molar-refractivity contribution in [2.24, 2.45) is 7.05 Å². The molecule has 1 aliphatic rings. The maximum atomic E-state index is 13.5. The van der Waals surface area contributed by atoms with Crippen LogP contribution in [0, 0.1) is 5.82 Å². The third-order valence-electron chi connectivity index (χ3n) is 6.38. The van der Waals surface area contributed by atoms with Crippen LogP contribution in [0.3, 0.4) is 0 Å². The average molecular weight is 492 g/mol. The van der Waals surface area contributed by atoms with Gasteiger partial charge in [-0.1, -0.05) is 37.3 Å². The molecule has 0 aliphatic carbocycles. The highest BCUT2D eigenvalue weighted by molar-refractivity contribution is 6.04. The summed E-state index contributed by atoms with van der Waals surface area (Å²) in [7, 11) is 1.76. The third-order valence-corrected chi connectivity index (χ3v) is 6.38. The lowest BCUT2D eigenvalue weighted by molar-refractivity contribution is -0.134. The molecule has 36 heavy (non-hydrogen) atoms. The number of fused-ring (bicyclic) bond motifs is 1. The zero-order valence-electron chi connectivity index (χ0n) is 20.5. The lowest BCUT2D eigenvalue weighted by atomic mass is 10.0. The van der Waals surface area contributed by atoms with Crippen LogP contribution in [-0.4, -0.2) is 38.9 Å². The number of amides is 3. The number of rotatable bonds is 8. The van der Waals surface area contributed by atoms with Gasteiger partial charge in [-0.15, -0.1) is 0 Å². The first-order valence-electron chi connectivity index (χ1n) is 12.1. The number of carbonyl (C=O) groups is 3. The molecule has 0 unspecified atom stereocenters. The second-order valence-corrected chi connectivity index (χ2v) is 8.87. The van der Waals surface area contributed by atoms with E-state index in [1.54, 1.807) is 22.7 Å². The topological polar surface area (TPSA) is 96.3 Å². The number of nitrogens with one attached hydrogen (secondary N) is 2. The van der Waals surface area contributed by atoms with Crippen LogP contribution in [0.25, 0.3) is 0 Å². The number of aryl methyl sites for hydroxylation is 2. The fraction of sp³-hybridized carbons (Fsp3) is 0.333. The van der Waals surface area contributed by atoms with E-state index in [1.165, 1.54) is 23.8 Å². The number of carbonyl (C=O) groups excluding carboxylic acids is 3. The normalized spacial score (nSPS) is 12.7. The van der Waals surface area contributed by atoms with Crippen molar-refractivity contribution in [3.05, 3.63) is 82.4 Å². The monoisotopic (exact) mass is 491 g/mol. The molecule has 1 aromatic heterocycles. The summed E-state index contributed by atoms with van der Waals surface area (Å²) in [5.41, 5.74) is 4.34. The van der Waals surface area contributed by atoms with Crippen LogP contribution < -0.4 is 10.6 Å². The predicted molar refractivity (Wildman–Crippen MR) is 134 cm³/mol. The van der Waals surface area contributed by atoms with E-state index in [1.807, 2.05) is 24.3 Å². The smallest absolute Gasteiger partial charge is 0.276 e. The zero-order valence-corrected chi connectivity index (χ0v) is 20.5. The van der Waals surface area contributed by atoms with Gasteiger partial charge in [-0.05, 0) is 35.7 Å². The molecular weight excluding hydrogens is 461 g/mol. The van der Waals surface area contributed by atoms with Gasteiger partial charge in [-0.3, -0.25) is 19.1 Å². The largest absolute Gasteiger partial charge is 0.352 e. The number of benzene rings is 2. The Balaban J connectivity index is 1.32. The van der Waals surface area contributed by atoms with E-state index in [9.17, 15) is 18.8 Å². The van der Waals surface area contributed by atoms with Gasteiger partial charge in [0.15, 0.2) is 5.69 Å². The minimum Gasteiger partial charge on any atom is -0.352 e. The van der Waals surface area contributed by atoms with Crippen molar-refractivity contribution >= 4 is 23.4 Å². The number of aromatic nitrogens is 2. The van der Waals surface area contributed by atoms with Crippen molar-refractivity contribution in [2.75, 3.05) is 11.9 Å². The molecule has 0 radical (unpaired) electrons.